The highest BCUT2D eigenvalue weighted by Gasteiger charge is 2.30. The van der Waals surface area contributed by atoms with Gasteiger partial charge in [-0.1, -0.05) is 42.1 Å². The first-order chi connectivity index (χ1) is 12.6. The molecule has 0 saturated heterocycles. The zero-order chi connectivity index (χ0) is 18.1. The van der Waals surface area contributed by atoms with Crippen molar-refractivity contribution in [3.8, 4) is 11.3 Å². The summed E-state index contributed by atoms with van der Waals surface area (Å²) in [5, 5.41) is 14.4. The summed E-state index contributed by atoms with van der Waals surface area (Å²) in [5.74, 6) is 0.835. The second-order valence-electron chi connectivity index (χ2n) is 6.28. The van der Waals surface area contributed by atoms with Crippen molar-refractivity contribution >= 4 is 34.1 Å². The maximum atomic E-state index is 12.5. The van der Waals surface area contributed by atoms with Crippen LogP contribution in [0.4, 0.5) is 5.13 Å². The SMILES string of the molecule is Cc1nnc(S[C@H](C)C(=O)Nc2nc(-c3ccccc3)cs2)n1C1CC1. The maximum absolute atomic E-state index is 12.5. The molecule has 1 N–H and O–H groups in total. The van der Waals surface area contributed by atoms with E-state index in [0.717, 1.165) is 35.1 Å². The quantitative estimate of drug-likeness (QED) is 0.645. The Bertz CT molecular complexity index is 917. The molecule has 26 heavy (non-hydrogen) atoms. The van der Waals surface area contributed by atoms with Crippen LogP contribution in [0.25, 0.3) is 11.3 Å². The molecule has 0 radical (unpaired) electrons. The van der Waals surface area contributed by atoms with Crippen molar-refractivity contribution in [3.63, 3.8) is 0 Å². The lowest BCUT2D eigenvalue weighted by atomic mass is 10.2. The molecule has 0 aliphatic heterocycles. The second-order valence-corrected chi connectivity index (χ2v) is 8.45. The highest BCUT2D eigenvalue weighted by molar-refractivity contribution is 8.00. The molecule has 2 heterocycles. The van der Waals surface area contributed by atoms with Gasteiger partial charge in [0, 0.05) is 17.0 Å². The molecule has 1 fully saturated rings. The molecule has 8 heteroatoms. The van der Waals surface area contributed by atoms with E-state index in [1.165, 1.54) is 23.1 Å². The number of anilines is 1. The number of benzene rings is 1. The molecular formula is C18H19N5OS2. The lowest BCUT2D eigenvalue weighted by Crippen LogP contribution is -2.22. The Labute approximate surface area is 160 Å². The van der Waals surface area contributed by atoms with Crippen LogP contribution in [0, 0.1) is 6.92 Å². The van der Waals surface area contributed by atoms with Gasteiger partial charge in [-0.3, -0.25) is 4.79 Å². The van der Waals surface area contributed by atoms with E-state index in [0.29, 0.717) is 11.2 Å². The first-order valence-corrected chi connectivity index (χ1v) is 10.3. The van der Waals surface area contributed by atoms with E-state index in [1.807, 2.05) is 49.6 Å². The number of aromatic nitrogens is 4. The van der Waals surface area contributed by atoms with E-state index in [9.17, 15) is 4.79 Å². The van der Waals surface area contributed by atoms with Gasteiger partial charge in [0.05, 0.1) is 10.9 Å². The summed E-state index contributed by atoms with van der Waals surface area (Å²) in [6, 6.07) is 10.4. The molecule has 1 saturated carbocycles. The maximum Gasteiger partial charge on any atom is 0.239 e. The molecule has 3 aromatic rings. The molecule has 134 valence electrons. The van der Waals surface area contributed by atoms with Crippen LogP contribution in [-0.2, 0) is 4.79 Å². The number of hydrogen-bond acceptors (Lipinski definition) is 6. The molecule has 6 nitrogen and oxygen atoms in total. The first kappa shape index (κ1) is 17.2. The lowest BCUT2D eigenvalue weighted by molar-refractivity contribution is -0.115. The largest absolute Gasteiger partial charge is 0.303 e. The minimum atomic E-state index is -0.278. The normalized spacial score (nSPS) is 15.0. The van der Waals surface area contributed by atoms with Crippen molar-refractivity contribution in [1.82, 2.24) is 19.7 Å². The summed E-state index contributed by atoms with van der Waals surface area (Å²) < 4.78 is 2.14. The molecule has 1 aliphatic rings. The molecule has 1 amide bonds. The van der Waals surface area contributed by atoms with Crippen molar-refractivity contribution in [3.05, 3.63) is 41.5 Å². The number of rotatable bonds is 6. The number of hydrogen-bond donors (Lipinski definition) is 1. The van der Waals surface area contributed by atoms with E-state index in [2.05, 4.69) is 25.1 Å². The van der Waals surface area contributed by atoms with Gasteiger partial charge in [-0.15, -0.1) is 21.5 Å². The minimum Gasteiger partial charge on any atom is -0.303 e. The fourth-order valence-electron chi connectivity index (χ4n) is 2.67. The second kappa shape index (κ2) is 7.20. The monoisotopic (exact) mass is 385 g/mol. The van der Waals surface area contributed by atoms with Gasteiger partial charge in [0.1, 0.15) is 5.82 Å². The van der Waals surface area contributed by atoms with Gasteiger partial charge >= 0.3 is 0 Å². The number of carbonyl (C=O) groups is 1. The van der Waals surface area contributed by atoms with Crippen LogP contribution in [0.2, 0.25) is 0 Å². The standard InChI is InChI=1S/C18H19N5OS2/c1-11(26-18-22-21-12(2)23(18)14-8-9-14)16(24)20-17-19-15(10-25-17)13-6-4-3-5-7-13/h3-7,10-11,14H,8-9H2,1-2H3,(H,19,20,24)/t11-/m1/s1. The third-order valence-corrected chi connectivity index (χ3v) is 6.02. The smallest absolute Gasteiger partial charge is 0.239 e. The van der Waals surface area contributed by atoms with E-state index in [4.69, 9.17) is 0 Å². The van der Waals surface area contributed by atoms with Gasteiger partial charge in [-0.25, -0.2) is 4.98 Å². The molecular weight excluding hydrogens is 366 g/mol. The Morgan fingerprint density at radius 3 is 2.81 bits per heavy atom. The Balaban J connectivity index is 1.41. The predicted octanol–water partition coefficient (Wildman–Crippen LogP) is 4.16. The summed E-state index contributed by atoms with van der Waals surface area (Å²) in [6.07, 6.45) is 2.32. The van der Waals surface area contributed by atoms with Gasteiger partial charge in [0.15, 0.2) is 10.3 Å². The fraction of sp³-hybridized carbons (Fsp3) is 0.333. The van der Waals surface area contributed by atoms with Crippen molar-refractivity contribution in [2.24, 2.45) is 0 Å². The van der Waals surface area contributed by atoms with E-state index in [1.54, 1.807) is 0 Å². The van der Waals surface area contributed by atoms with Crippen LogP contribution in [0.5, 0.6) is 0 Å². The third kappa shape index (κ3) is 3.66. The molecule has 0 unspecified atom stereocenters. The predicted molar refractivity (Wildman–Crippen MR) is 105 cm³/mol. The number of thiazole rings is 1. The molecule has 0 bridgehead atoms. The van der Waals surface area contributed by atoms with Crippen molar-refractivity contribution in [2.45, 2.75) is 43.1 Å². The van der Waals surface area contributed by atoms with Crippen LogP contribution < -0.4 is 5.32 Å². The highest BCUT2D eigenvalue weighted by Crippen LogP contribution is 2.39. The van der Waals surface area contributed by atoms with Crippen molar-refractivity contribution in [1.29, 1.82) is 0 Å². The summed E-state index contributed by atoms with van der Waals surface area (Å²) in [4.78, 5) is 17.1. The zero-order valence-corrected chi connectivity index (χ0v) is 16.2. The van der Waals surface area contributed by atoms with Gasteiger partial charge < -0.3 is 9.88 Å². The Morgan fingerprint density at radius 2 is 2.08 bits per heavy atom. The van der Waals surface area contributed by atoms with Crippen LogP contribution in [-0.4, -0.2) is 30.9 Å². The van der Waals surface area contributed by atoms with Gasteiger partial charge in [-0.2, -0.15) is 0 Å². The average Bonchev–Trinajstić information content (AvgIpc) is 3.26. The molecule has 1 aliphatic carbocycles. The van der Waals surface area contributed by atoms with Crippen LogP contribution >= 0.6 is 23.1 Å². The Morgan fingerprint density at radius 1 is 1.31 bits per heavy atom. The van der Waals surface area contributed by atoms with Crippen molar-refractivity contribution in [2.75, 3.05) is 5.32 Å². The average molecular weight is 386 g/mol. The third-order valence-electron chi connectivity index (χ3n) is 4.20. The zero-order valence-electron chi connectivity index (χ0n) is 14.5. The van der Waals surface area contributed by atoms with Crippen LogP contribution in [0.15, 0.2) is 40.9 Å². The first-order valence-electron chi connectivity index (χ1n) is 8.52. The number of thioether (sulfide) groups is 1. The van der Waals surface area contributed by atoms with Crippen LogP contribution in [0.3, 0.4) is 0 Å². The number of aryl methyl sites for hydroxylation is 1. The highest BCUT2D eigenvalue weighted by atomic mass is 32.2. The summed E-state index contributed by atoms with van der Waals surface area (Å²) in [7, 11) is 0. The minimum absolute atomic E-state index is 0.0769. The van der Waals surface area contributed by atoms with E-state index < -0.39 is 0 Å². The van der Waals surface area contributed by atoms with Gasteiger partial charge in [-0.05, 0) is 26.7 Å². The molecule has 1 aromatic carbocycles. The van der Waals surface area contributed by atoms with E-state index in [-0.39, 0.29) is 11.2 Å². The fourth-order valence-corrected chi connectivity index (χ4v) is 4.36. The van der Waals surface area contributed by atoms with Gasteiger partial charge in [0.25, 0.3) is 0 Å². The Hall–Kier alpha value is -2.19. The van der Waals surface area contributed by atoms with E-state index >= 15 is 0 Å². The number of amides is 1. The molecule has 2 aromatic heterocycles. The topological polar surface area (TPSA) is 72.7 Å². The molecule has 4 rings (SSSR count). The van der Waals surface area contributed by atoms with Crippen molar-refractivity contribution < 1.29 is 4.79 Å². The Kier molecular flexibility index (Phi) is 4.78. The molecule has 1 atom stereocenters. The van der Waals surface area contributed by atoms with Crippen LogP contribution in [0.1, 0.15) is 31.6 Å². The number of carbonyl (C=O) groups excluding carboxylic acids is 1. The van der Waals surface area contributed by atoms with Gasteiger partial charge in [0.2, 0.25) is 5.91 Å². The number of nitrogens with zero attached hydrogens (tertiary/aromatic N) is 4. The molecule has 0 spiro atoms. The lowest BCUT2D eigenvalue weighted by Gasteiger charge is -2.11. The summed E-state index contributed by atoms with van der Waals surface area (Å²) in [6.45, 7) is 3.84. The summed E-state index contributed by atoms with van der Waals surface area (Å²) >= 11 is 2.88. The summed E-state index contributed by atoms with van der Waals surface area (Å²) in [5.41, 5.74) is 1.91. The number of nitrogens with one attached hydrogen (secondary N) is 1.